The summed E-state index contributed by atoms with van der Waals surface area (Å²) in [4.78, 5) is 11.8. The fraction of sp³-hybridized carbons (Fsp3) is 0.154. The maximum Gasteiger partial charge on any atom is 0.345 e. The molecule has 0 fully saturated rings. The van der Waals surface area contributed by atoms with Crippen LogP contribution in [0, 0.1) is 12.7 Å². The first-order valence-electron chi connectivity index (χ1n) is 5.27. The number of carboxylic acids is 1. The minimum Gasteiger partial charge on any atom is -0.488 e. The summed E-state index contributed by atoms with van der Waals surface area (Å²) in [6.45, 7) is 2.06. The van der Waals surface area contributed by atoms with Crippen LogP contribution >= 0.6 is 11.3 Å². The molecule has 2 aromatic rings. The van der Waals surface area contributed by atoms with E-state index in [1.807, 2.05) is 6.92 Å². The molecule has 0 bridgehead atoms. The van der Waals surface area contributed by atoms with Crippen LogP contribution in [-0.4, -0.2) is 11.1 Å². The molecule has 1 N–H and O–H groups in total. The number of thiophene rings is 1. The molecular weight excluding hydrogens is 255 g/mol. The molecule has 0 aliphatic rings. The normalized spacial score (nSPS) is 10.3. The Bertz CT molecular complexity index is 577. The predicted octanol–water partition coefficient (Wildman–Crippen LogP) is 3.47. The van der Waals surface area contributed by atoms with Crippen molar-refractivity contribution in [1.29, 1.82) is 0 Å². The van der Waals surface area contributed by atoms with Crippen LogP contribution in [0.25, 0.3) is 0 Å². The van der Waals surface area contributed by atoms with Gasteiger partial charge < -0.3 is 9.84 Å². The average Bonchev–Trinajstić information content (AvgIpc) is 2.79. The molecular formula is C13H11FO3S. The first kappa shape index (κ1) is 12.6. The molecule has 1 heterocycles. The highest BCUT2D eigenvalue weighted by Gasteiger charge is 2.08. The lowest BCUT2D eigenvalue weighted by molar-refractivity contribution is 0.0702. The second kappa shape index (κ2) is 5.18. The molecule has 3 nitrogen and oxygen atoms in total. The summed E-state index contributed by atoms with van der Waals surface area (Å²) in [5.74, 6) is -0.832. The zero-order valence-corrected chi connectivity index (χ0v) is 10.5. The van der Waals surface area contributed by atoms with Gasteiger partial charge in [-0.1, -0.05) is 6.07 Å². The van der Waals surface area contributed by atoms with E-state index in [1.54, 1.807) is 12.1 Å². The van der Waals surface area contributed by atoms with E-state index in [-0.39, 0.29) is 17.3 Å². The minimum atomic E-state index is -0.951. The van der Waals surface area contributed by atoms with Gasteiger partial charge in [-0.05, 0) is 30.7 Å². The van der Waals surface area contributed by atoms with Gasteiger partial charge in [0.1, 0.15) is 23.1 Å². The molecule has 0 amide bonds. The quantitative estimate of drug-likeness (QED) is 0.921. The van der Waals surface area contributed by atoms with Gasteiger partial charge in [0.05, 0.1) is 0 Å². The molecule has 5 heteroatoms. The topological polar surface area (TPSA) is 46.5 Å². The number of carbonyl (C=O) groups is 1. The number of halogens is 1. The molecule has 0 radical (unpaired) electrons. The van der Waals surface area contributed by atoms with Crippen LogP contribution in [0.3, 0.4) is 0 Å². The predicted molar refractivity (Wildman–Crippen MR) is 66.7 cm³/mol. The number of rotatable bonds is 4. The van der Waals surface area contributed by atoms with Crippen LogP contribution in [0.15, 0.2) is 30.3 Å². The van der Waals surface area contributed by atoms with Gasteiger partial charge in [-0.25, -0.2) is 9.18 Å². The smallest absolute Gasteiger partial charge is 0.345 e. The molecule has 1 aromatic heterocycles. The fourth-order valence-corrected chi connectivity index (χ4v) is 2.21. The van der Waals surface area contributed by atoms with Gasteiger partial charge in [0.25, 0.3) is 0 Å². The van der Waals surface area contributed by atoms with Crippen molar-refractivity contribution in [1.82, 2.24) is 0 Å². The molecule has 0 saturated carbocycles. The van der Waals surface area contributed by atoms with Crippen molar-refractivity contribution in [3.05, 3.63) is 51.5 Å². The first-order chi connectivity index (χ1) is 8.56. The number of ether oxygens (including phenoxy) is 1. The SMILES string of the molecule is Cc1ccc(F)cc1OCc1ccc(C(=O)O)s1. The molecule has 18 heavy (non-hydrogen) atoms. The molecule has 2 rings (SSSR count). The molecule has 0 unspecified atom stereocenters. The summed E-state index contributed by atoms with van der Waals surface area (Å²) in [5, 5.41) is 8.78. The average molecular weight is 266 g/mol. The summed E-state index contributed by atoms with van der Waals surface area (Å²) in [5.41, 5.74) is 0.839. The van der Waals surface area contributed by atoms with Crippen LogP contribution in [0.2, 0.25) is 0 Å². The van der Waals surface area contributed by atoms with Crippen LogP contribution in [-0.2, 0) is 6.61 Å². The van der Waals surface area contributed by atoms with E-state index in [0.717, 1.165) is 21.8 Å². The van der Waals surface area contributed by atoms with Crippen LogP contribution in [0.1, 0.15) is 20.1 Å². The van der Waals surface area contributed by atoms with Crippen molar-refractivity contribution >= 4 is 17.3 Å². The summed E-state index contributed by atoms with van der Waals surface area (Å²) >= 11 is 1.15. The van der Waals surface area contributed by atoms with Gasteiger partial charge in [-0.2, -0.15) is 0 Å². The number of carboxylic acid groups (broad SMARTS) is 1. The van der Waals surface area contributed by atoms with Gasteiger partial charge >= 0.3 is 5.97 Å². The number of aromatic carboxylic acids is 1. The Balaban J connectivity index is 2.06. The minimum absolute atomic E-state index is 0.238. The van der Waals surface area contributed by atoms with Crippen LogP contribution in [0.4, 0.5) is 4.39 Å². The van der Waals surface area contributed by atoms with Crippen molar-refractivity contribution in [3.63, 3.8) is 0 Å². The third-order valence-electron chi connectivity index (χ3n) is 2.39. The summed E-state index contributed by atoms with van der Waals surface area (Å²) in [7, 11) is 0. The van der Waals surface area contributed by atoms with E-state index in [1.165, 1.54) is 18.2 Å². The number of benzene rings is 1. The van der Waals surface area contributed by atoms with Gasteiger partial charge in [-0.3, -0.25) is 0 Å². The highest BCUT2D eigenvalue weighted by Crippen LogP contribution is 2.22. The molecule has 0 saturated heterocycles. The monoisotopic (exact) mass is 266 g/mol. The fourth-order valence-electron chi connectivity index (χ4n) is 1.45. The largest absolute Gasteiger partial charge is 0.488 e. The molecule has 0 spiro atoms. The zero-order chi connectivity index (χ0) is 13.1. The highest BCUT2D eigenvalue weighted by atomic mass is 32.1. The van der Waals surface area contributed by atoms with E-state index >= 15 is 0 Å². The summed E-state index contributed by atoms with van der Waals surface area (Å²) in [6, 6.07) is 7.56. The third-order valence-corrected chi connectivity index (χ3v) is 3.44. The van der Waals surface area contributed by atoms with Gasteiger partial charge in [-0.15, -0.1) is 11.3 Å². The van der Waals surface area contributed by atoms with E-state index in [0.29, 0.717) is 5.75 Å². The van der Waals surface area contributed by atoms with Crippen molar-refractivity contribution in [2.45, 2.75) is 13.5 Å². The lowest BCUT2D eigenvalue weighted by Crippen LogP contribution is -1.95. The lowest BCUT2D eigenvalue weighted by Gasteiger charge is -2.07. The van der Waals surface area contributed by atoms with Gasteiger partial charge in [0.2, 0.25) is 0 Å². The second-order valence-corrected chi connectivity index (χ2v) is 4.94. The standard InChI is InChI=1S/C13H11FO3S/c1-8-2-3-9(14)6-11(8)17-7-10-4-5-12(18-10)13(15)16/h2-6H,7H2,1H3,(H,15,16). The summed E-state index contributed by atoms with van der Waals surface area (Å²) < 4.78 is 18.5. The summed E-state index contributed by atoms with van der Waals surface area (Å²) in [6.07, 6.45) is 0. The zero-order valence-electron chi connectivity index (χ0n) is 9.64. The van der Waals surface area contributed by atoms with Crippen molar-refractivity contribution in [2.24, 2.45) is 0 Å². The van der Waals surface area contributed by atoms with Gasteiger partial charge in [0.15, 0.2) is 0 Å². The van der Waals surface area contributed by atoms with E-state index in [4.69, 9.17) is 9.84 Å². The Kier molecular flexibility index (Phi) is 3.62. The first-order valence-corrected chi connectivity index (χ1v) is 6.09. The van der Waals surface area contributed by atoms with Crippen LogP contribution in [0.5, 0.6) is 5.75 Å². The Labute approximate surface area is 107 Å². The molecule has 0 aliphatic carbocycles. The lowest BCUT2D eigenvalue weighted by atomic mass is 10.2. The molecule has 94 valence electrons. The Morgan fingerprint density at radius 2 is 2.17 bits per heavy atom. The van der Waals surface area contributed by atoms with E-state index in [9.17, 15) is 9.18 Å². The van der Waals surface area contributed by atoms with Crippen molar-refractivity contribution in [3.8, 4) is 5.75 Å². The van der Waals surface area contributed by atoms with E-state index in [2.05, 4.69) is 0 Å². The third kappa shape index (κ3) is 2.87. The van der Waals surface area contributed by atoms with Crippen molar-refractivity contribution in [2.75, 3.05) is 0 Å². The van der Waals surface area contributed by atoms with Crippen LogP contribution < -0.4 is 4.74 Å². The Morgan fingerprint density at radius 1 is 1.39 bits per heavy atom. The molecule has 0 aliphatic heterocycles. The number of hydrogen-bond acceptors (Lipinski definition) is 3. The highest BCUT2D eigenvalue weighted by molar-refractivity contribution is 7.13. The van der Waals surface area contributed by atoms with Gasteiger partial charge in [0, 0.05) is 10.9 Å². The van der Waals surface area contributed by atoms with Crippen molar-refractivity contribution < 1.29 is 19.0 Å². The maximum absolute atomic E-state index is 13.0. The number of hydrogen-bond donors (Lipinski definition) is 1. The molecule has 1 aromatic carbocycles. The Morgan fingerprint density at radius 3 is 2.83 bits per heavy atom. The second-order valence-electron chi connectivity index (χ2n) is 3.77. The maximum atomic E-state index is 13.0. The number of aryl methyl sites for hydroxylation is 1. The Hall–Kier alpha value is -1.88. The molecule has 0 atom stereocenters. The van der Waals surface area contributed by atoms with E-state index < -0.39 is 5.97 Å².